The molecule has 1 aromatic carbocycles. The van der Waals surface area contributed by atoms with E-state index in [1.165, 1.54) is 37.0 Å². The van der Waals surface area contributed by atoms with Crippen LogP contribution in [0.3, 0.4) is 0 Å². The Hall–Kier alpha value is -7.18. The van der Waals surface area contributed by atoms with Gasteiger partial charge >= 0.3 is 17.9 Å². The first-order chi connectivity index (χ1) is 29.8. The van der Waals surface area contributed by atoms with Crippen molar-refractivity contribution in [1.29, 1.82) is 0 Å². The second-order valence-electron chi connectivity index (χ2n) is 14.2. The number of carbonyl (C=O) groups is 8. The van der Waals surface area contributed by atoms with Crippen LogP contribution in [0.25, 0.3) is 11.2 Å². The van der Waals surface area contributed by atoms with Crippen LogP contribution in [-0.2, 0) is 40.1 Å². The molecular formula is C38H50N12O12S. The van der Waals surface area contributed by atoms with Crippen LogP contribution in [-0.4, -0.2) is 125 Å². The van der Waals surface area contributed by atoms with E-state index in [1.807, 2.05) is 0 Å². The fourth-order valence-electron chi connectivity index (χ4n) is 5.96. The third-order valence-electron chi connectivity index (χ3n) is 9.30. The number of nitrogens with zero attached hydrogens (tertiary/aromatic N) is 4. The summed E-state index contributed by atoms with van der Waals surface area (Å²) in [5.74, 6) is -10.5. The summed E-state index contributed by atoms with van der Waals surface area (Å²) in [6.45, 7) is 1.55. The number of aliphatic imine (C=N–C) groups is 1. The van der Waals surface area contributed by atoms with E-state index in [-0.39, 0.29) is 66.7 Å². The Morgan fingerprint density at radius 3 is 2.16 bits per heavy atom. The zero-order valence-corrected chi connectivity index (χ0v) is 35.1. The van der Waals surface area contributed by atoms with E-state index < -0.39 is 108 Å². The lowest BCUT2D eigenvalue weighted by Crippen LogP contribution is -2.47. The van der Waals surface area contributed by atoms with Crippen molar-refractivity contribution in [1.82, 2.24) is 35.9 Å². The molecule has 2 aromatic heterocycles. The Morgan fingerprint density at radius 1 is 0.857 bits per heavy atom. The number of fused-ring (bicyclic) bond motifs is 1. The third-order valence-corrected chi connectivity index (χ3v) is 10.0. The summed E-state index contributed by atoms with van der Waals surface area (Å²) >= 11 is 1.17. The van der Waals surface area contributed by atoms with Crippen LogP contribution >= 0.6 is 11.8 Å². The van der Waals surface area contributed by atoms with Gasteiger partial charge in [0.15, 0.2) is 28.7 Å². The minimum Gasteiger partial charge on any atom is -0.481 e. The number of aromatic nitrogens is 4. The van der Waals surface area contributed by atoms with E-state index in [4.69, 9.17) is 17.2 Å². The van der Waals surface area contributed by atoms with E-state index >= 15 is 0 Å². The molecule has 3 rings (SSSR count). The first-order valence-electron chi connectivity index (χ1n) is 19.3. The number of nitrogens with two attached hydrogens (primary N) is 3. The van der Waals surface area contributed by atoms with Crippen molar-refractivity contribution in [2.75, 3.05) is 29.6 Å². The topological polar surface area (TPSA) is 407 Å². The summed E-state index contributed by atoms with van der Waals surface area (Å²) in [6, 6.07) is 1.68. The molecule has 0 saturated carbocycles. The smallest absolute Gasteiger partial charge is 0.326 e. The molecule has 0 aliphatic rings. The van der Waals surface area contributed by atoms with E-state index in [2.05, 4.69) is 46.2 Å². The third kappa shape index (κ3) is 16.7. The Labute approximate surface area is 363 Å². The van der Waals surface area contributed by atoms with Crippen LogP contribution in [0, 0.1) is 11.8 Å². The molecule has 63 heavy (non-hydrogen) atoms. The Balaban J connectivity index is 1.58. The molecule has 0 fully saturated rings. The highest BCUT2D eigenvalue weighted by Crippen LogP contribution is 2.18. The van der Waals surface area contributed by atoms with Gasteiger partial charge in [-0.25, -0.2) is 14.8 Å². The number of anilines is 2. The number of thioether (sulfide) groups is 1. The highest BCUT2D eigenvalue weighted by Gasteiger charge is 2.32. The van der Waals surface area contributed by atoms with Crippen molar-refractivity contribution >= 4 is 87.7 Å². The van der Waals surface area contributed by atoms with Crippen LogP contribution in [0.2, 0.25) is 0 Å². The highest BCUT2D eigenvalue weighted by molar-refractivity contribution is 7.98. The number of rotatable bonds is 27. The molecule has 5 atom stereocenters. The maximum absolute atomic E-state index is 13.5. The summed E-state index contributed by atoms with van der Waals surface area (Å²) in [6.07, 6.45) is 0.554. The van der Waals surface area contributed by atoms with E-state index in [9.17, 15) is 58.5 Å². The molecular weight excluding hydrogens is 849 g/mol. The number of guanidine groups is 1. The highest BCUT2D eigenvalue weighted by atomic mass is 32.2. The van der Waals surface area contributed by atoms with Crippen molar-refractivity contribution in [3.8, 4) is 0 Å². The van der Waals surface area contributed by atoms with Gasteiger partial charge in [0.2, 0.25) is 17.8 Å². The van der Waals surface area contributed by atoms with Gasteiger partial charge in [-0.2, -0.15) is 16.7 Å². The van der Waals surface area contributed by atoms with E-state index in [1.54, 1.807) is 18.4 Å². The number of carboxylic acids is 3. The van der Waals surface area contributed by atoms with Crippen molar-refractivity contribution in [2.45, 2.75) is 76.5 Å². The molecule has 0 aliphatic heterocycles. The predicted molar refractivity (Wildman–Crippen MR) is 228 cm³/mol. The number of hydrogen-bond donors (Lipinski definition) is 11. The molecule has 25 heteroatoms. The quantitative estimate of drug-likeness (QED) is 0.0248. The number of amides is 3. The Morgan fingerprint density at radius 2 is 1.54 bits per heavy atom. The zero-order chi connectivity index (χ0) is 46.8. The maximum atomic E-state index is 13.5. The lowest BCUT2D eigenvalue weighted by molar-refractivity contribution is -0.144. The van der Waals surface area contributed by atoms with Gasteiger partial charge in [-0.3, -0.25) is 48.3 Å². The average molecular weight is 899 g/mol. The predicted octanol–water partition coefficient (Wildman–Crippen LogP) is -1.01. The standard InChI is InChI=1S/C38H50N12O12S/c1-18(26(51)12-20(4-3-11-42-37(39)40)33(57)48-25(14-29(54)55)27(52)13-21(17-63-2)35(59)60)45-28(53)10-9-24(36(61)62)47-32(56)19-5-7-22(8-6-19)43-15-23-16-44-31-30(46-23)34(58)50-38(41)49-31/h5-8,16,18,20-21,24-25,43H,3-4,9-15,17H2,1-2H3,(H,45,53)(H,47,56)(H,48,57)(H,54,55)(H,59,60)(H,61,62)(H4,39,40,42)(H3,41,44,49,50,58)/t18-,20+,21-,24-,25-/m0/s1. The maximum Gasteiger partial charge on any atom is 0.326 e. The molecule has 340 valence electrons. The molecule has 0 radical (unpaired) electrons. The largest absolute Gasteiger partial charge is 0.481 e. The fraction of sp³-hybridized carbons (Fsp3) is 0.447. The molecule has 2 heterocycles. The van der Waals surface area contributed by atoms with Crippen molar-refractivity contribution in [2.24, 2.45) is 28.3 Å². The lowest BCUT2D eigenvalue weighted by atomic mass is 9.92. The summed E-state index contributed by atoms with van der Waals surface area (Å²) in [5, 5.41) is 38.9. The van der Waals surface area contributed by atoms with Crippen molar-refractivity contribution in [3.63, 3.8) is 0 Å². The summed E-state index contributed by atoms with van der Waals surface area (Å²) < 4.78 is 0. The number of benzene rings is 1. The van der Waals surface area contributed by atoms with Crippen molar-refractivity contribution in [3.05, 3.63) is 52.1 Å². The molecule has 0 unspecified atom stereocenters. The number of H-pyrrole nitrogens is 1. The van der Waals surface area contributed by atoms with Crippen molar-refractivity contribution < 1.29 is 53.7 Å². The minimum absolute atomic E-state index is 0.00239. The number of nitrogen functional groups attached to an aromatic ring is 1. The number of aliphatic carboxylic acids is 3. The lowest BCUT2D eigenvalue weighted by Gasteiger charge is -2.23. The van der Waals surface area contributed by atoms with Gasteiger partial charge in [0.25, 0.3) is 11.5 Å². The SMILES string of the molecule is CSC[C@H](CC(=O)[C@H](CC(=O)O)NC(=O)[C@H](CCCN=C(N)N)CC(=O)[C@H](C)NC(=O)CC[C@H](NC(=O)c1ccc(NCc2cnc3nc(N)[nH]c(=O)c3n2)cc1)C(=O)O)C(=O)O. The number of nitrogens with one attached hydrogen (secondary N) is 5. The zero-order valence-electron chi connectivity index (χ0n) is 34.3. The van der Waals surface area contributed by atoms with Crippen LogP contribution in [0.1, 0.15) is 67.9 Å². The molecule has 14 N–H and O–H groups in total. The molecule has 0 spiro atoms. The average Bonchev–Trinajstić information content (AvgIpc) is 3.21. The monoisotopic (exact) mass is 898 g/mol. The number of carboxylic acid groups (broad SMARTS) is 3. The van der Waals surface area contributed by atoms with Crippen LogP contribution in [0.15, 0.2) is 40.2 Å². The molecule has 0 bridgehead atoms. The second kappa shape index (κ2) is 24.3. The summed E-state index contributed by atoms with van der Waals surface area (Å²) in [7, 11) is 0. The van der Waals surface area contributed by atoms with Crippen LogP contribution in [0.4, 0.5) is 11.6 Å². The summed E-state index contributed by atoms with van der Waals surface area (Å²) in [4.78, 5) is 131. The molecule has 24 nitrogen and oxygen atoms in total. The fourth-order valence-corrected chi connectivity index (χ4v) is 6.62. The van der Waals surface area contributed by atoms with Gasteiger partial charge in [-0.05, 0) is 56.7 Å². The number of hydrogen-bond acceptors (Lipinski definition) is 16. The first kappa shape index (κ1) is 50.2. The van der Waals surface area contributed by atoms with Crippen LogP contribution in [0.5, 0.6) is 0 Å². The van der Waals surface area contributed by atoms with Gasteiger partial charge in [-0.1, -0.05) is 0 Å². The van der Waals surface area contributed by atoms with Gasteiger partial charge in [0, 0.05) is 48.7 Å². The molecule has 3 amide bonds. The number of carbonyl (C=O) groups excluding carboxylic acids is 5. The Kier molecular flexibility index (Phi) is 19.4. The summed E-state index contributed by atoms with van der Waals surface area (Å²) in [5.41, 5.74) is 16.9. The van der Waals surface area contributed by atoms with Gasteiger partial charge in [0.1, 0.15) is 6.04 Å². The number of Topliss-reactive ketones (excluding diaryl/α,β-unsaturated/α-hetero) is 2. The van der Waals surface area contributed by atoms with E-state index in [0.717, 1.165) is 0 Å². The first-order valence-corrected chi connectivity index (χ1v) is 20.7. The second-order valence-corrected chi connectivity index (χ2v) is 15.2. The van der Waals surface area contributed by atoms with E-state index in [0.29, 0.717) is 11.4 Å². The molecule has 0 aliphatic carbocycles. The normalized spacial score (nSPS) is 13.3. The molecule has 3 aromatic rings. The number of ketones is 2. The molecule has 0 saturated heterocycles. The van der Waals surface area contributed by atoms with Gasteiger partial charge in [0.05, 0.1) is 42.9 Å². The Bertz CT molecular complexity index is 2250. The van der Waals surface area contributed by atoms with Gasteiger partial charge < -0.3 is 53.8 Å². The van der Waals surface area contributed by atoms with Gasteiger partial charge in [-0.15, -0.1) is 0 Å². The minimum atomic E-state index is -1.60. The van der Waals surface area contributed by atoms with Crippen LogP contribution < -0.4 is 44.0 Å². The number of aromatic amines is 1.